The van der Waals surface area contributed by atoms with E-state index in [4.69, 9.17) is 14.2 Å². The summed E-state index contributed by atoms with van der Waals surface area (Å²) in [6.07, 6.45) is 10.7. The summed E-state index contributed by atoms with van der Waals surface area (Å²) in [5.74, 6) is -1.19. The number of carbonyl (C=O) groups excluding carboxylic acids is 5. The molecule has 5 rings (SSSR count). The second-order valence-electron chi connectivity index (χ2n) is 13.3. The smallest absolute Gasteiger partial charge is 0.338 e. The van der Waals surface area contributed by atoms with E-state index in [0.29, 0.717) is 49.5 Å². The van der Waals surface area contributed by atoms with E-state index in [2.05, 4.69) is 13.2 Å². The molecule has 0 unspecified atom stereocenters. The largest absolute Gasteiger partial charge is 0.463 e. The minimum atomic E-state index is -0.423. The fourth-order valence-corrected chi connectivity index (χ4v) is 6.49. The Morgan fingerprint density at radius 3 is 1.78 bits per heavy atom. The zero-order chi connectivity index (χ0) is 38.3. The molecule has 0 fully saturated rings. The fourth-order valence-electron chi connectivity index (χ4n) is 6.49. The fraction of sp³-hybridized carbons (Fsp3) is 0.311. The van der Waals surface area contributed by atoms with Gasteiger partial charge in [0.25, 0.3) is 5.91 Å². The molecule has 1 aliphatic rings. The van der Waals surface area contributed by atoms with Gasteiger partial charge in [-0.3, -0.25) is 9.59 Å². The number of unbranched alkanes of at least 4 members (excludes halogenated alkanes) is 7. The third-order valence-corrected chi connectivity index (χ3v) is 9.46. The summed E-state index contributed by atoms with van der Waals surface area (Å²) in [6, 6.07) is 24.2. The Morgan fingerprint density at radius 2 is 1.17 bits per heavy atom. The summed E-state index contributed by atoms with van der Waals surface area (Å²) < 4.78 is 15.9. The van der Waals surface area contributed by atoms with Crippen LogP contribution < -0.4 is 4.90 Å². The summed E-state index contributed by atoms with van der Waals surface area (Å²) >= 11 is 0. The Bertz CT molecular complexity index is 1980. The van der Waals surface area contributed by atoms with Crippen LogP contribution in [0.25, 0.3) is 21.9 Å². The number of carbonyl (C=O) groups is 5. The molecule has 1 heterocycles. The van der Waals surface area contributed by atoms with Crippen molar-refractivity contribution in [3.05, 3.63) is 126 Å². The second kappa shape index (κ2) is 19.9. The SMILES string of the molecule is C=CC(=O)CCCCCCCOC(=O)c1ccc(CN2C(=O)c3cccc4c(-c5ccc(C(=O)OCCCCCCOC(=O)C=C)cc5)ccc2c34)cc1. The molecule has 0 radical (unpaired) electrons. The van der Waals surface area contributed by atoms with Gasteiger partial charge in [0.2, 0.25) is 0 Å². The molecule has 54 heavy (non-hydrogen) atoms. The van der Waals surface area contributed by atoms with Crippen molar-refractivity contribution in [2.24, 2.45) is 0 Å². The number of ether oxygens (including phenoxy) is 3. The molecule has 9 heteroatoms. The maximum atomic E-state index is 13.7. The Labute approximate surface area is 316 Å². The maximum Gasteiger partial charge on any atom is 0.338 e. The van der Waals surface area contributed by atoms with Crippen LogP contribution in [-0.4, -0.2) is 49.4 Å². The Hall–Kier alpha value is -5.83. The van der Waals surface area contributed by atoms with Crippen LogP contribution in [0.3, 0.4) is 0 Å². The summed E-state index contributed by atoms with van der Waals surface area (Å²) in [5.41, 5.74) is 5.12. The molecule has 0 aliphatic carbocycles. The molecule has 0 atom stereocenters. The number of anilines is 1. The topological polar surface area (TPSA) is 116 Å². The highest BCUT2D eigenvalue weighted by molar-refractivity contribution is 6.26. The molecule has 1 aliphatic heterocycles. The number of ketones is 1. The number of benzene rings is 4. The summed E-state index contributed by atoms with van der Waals surface area (Å²) in [7, 11) is 0. The molecule has 280 valence electrons. The Kier molecular flexibility index (Phi) is 14.5. The highest BCUT2D eigenvalue weighted by Crippen LogP contribution is 2.42. The van der Waals surface area contributed by atoms with E-state index in [-0.39, 0.29) is 23.6 Å². The monoisotopic (exact) mass is 729 g/mol. The van der Waals surface area contributed by atoms with Crippen LogP contribution in [0.5, 0.6) is 0 Å². The molecule has 0 saturated carbocycles. The van der Waals surface area contributed by atoms with E-state index in [1.807, 2.05) is 54.6 Å². The third-order valence-electron chi connectivity index (χ3n) is 9.46. The number of allylic oxidation sites excluding steroid dienone is 1. The highest BCUT2D eigenvalue weighted by Gasteiger charge is 2.30. The number of nitrogens with zero attached hydrogens (tertiary/aromatic N) is 1. The van der Waals surface area contributed by atoms with Crippen LogP contribution in [0.15, 0.2) is 104 Å². The molecule has 0 bridgehead atoms. The van der Waals surface area contributed by atoms with Crippen molar-refractivity contribution in [2.45, 2.75) is 70.8 Å². The zero-order valence-electron chi connectivity index (χ0n) is 30.7. The van der Waals surface area contributed by atoms with Crippen LogP contribution in [0, 0.1) is 0 Å². The standard InChI is InChI=1S/C45H47NO8/c1-3-36(47)15-10-6-5-7-12-29-53-44(50)34-20-18-32(19-21-34)31-46-40-27-26-37(38-16-14-17-39(42(38)40)43(46)49)33-22-24-35(25-23-33)45(51)54-30-13-9-8-11-28-52-41(48)4-2/h3-4,14,16-27H,1-2,5-13,15,28-31H2. The lowest BCUT2D eigenvalue weighted by Gasteiger charge is -2.18. The summed E-state index contributed by atoms with van der Waals surface area (Å²) in [6.45, 7) is 8.21. The van der Waals surface area contributed by atoms with Crippen molar-refractivity contribution >= 4 is 46.1 Å². The van der Waals surface area contributed by atoms with Gasteiger partial charge < -0.3 is 19.1 Å². The van der Waals surface area contributed by atoms with E-state index >= 15 is 0 Å². The van der Waals surface area contributed by atoms with Gasteiger partial charge in [0.1, 0.15) is 0 Å². The van der Waals surface area contributed by atoms with Crippen molar-refractivity contribution in [3.63, 3.8) is 0 Å². The molecule has 0 spiro atoms. The van der Waals surface area contributed by atoms with Crippen LogP contribution >= 0.6 is 0 Å². The Balaban J connectivity index is 1.13. The highest BCUT2D eigenvalue weighted by atomic mass is 16.5. The summed E-state index contributed by atoms with van der Waals surface area (Å²) in [5, 5.41) is 1.82. The lowest BCUT2D eigenvalue weighted by Crippen LogP contribution is -2.26. The average Bonchev–Trinajstić information content (AvgIpc) is 3.47. The van der Waals surface area contributed by atoms with Crippen LogP contribution in [-0.2, 0) is 30.3 Å². The van der Waals surface area contributed by atoms with E-state index in [1.165, 1.54) is 6.08 Å². The second-order valence-corrected chi connectivity index (χ2v) is 13.3. The number of esters is 3. The lowest BCUT2D eigenvalue weighted by atomic mass is 9.95. The summed E-state index contributed by atoms with van der Waals surface area (Å²) in [4.78, 5) is 63.1. The maximum absolute atomic E-state index is 13.7. The molecular weight excluding hydrogens is 682 g/mol. The minimum Gasteiger partial charge on any atom is -0.463 e. The van der Waals surface area contributed by atoms with Crippen molar-refractivity contribution in [1.82, 2.24) is 0 Å². The number of hydrogen-bond donors (Lipinski definition) is 0. The molecule has 4 aromatic rings. The van der Waals surface area contributed by atoms with E-state index in [9.17, 15) is 24.0 Å². The van der Waals surface area contributed by atoms with Gasteiger partial charge in [0.05, 0.1) is 43.2 Å². The van der Waals surface area contributed by atoms with Gasteiger partial charge in [-0.1, -0.05) is 74.9 Å². The molecule has 1 amide bonds. The van der Waals surface area contributed by atoms with Crippen molar-refractivity contribution in [3.8, 4) is 11.1 Å². The predicted molar refractivity (Wildman–Crippen MR) is 209 cm³/mol. The number of amides is 1. The number of rotatable bonds is 22. The van der Waals surface area contributed by atoms with Gasteiger partial charge in [0, 0.05) is 23.4 Å². The molecule has 4 aromatic carbocycles. The van der Waals surface area contributed by atoms with Crippen LogP contribution in [0.1, 0.15) is 101 Å². The van der Waals surface area contributed by atoms with Gasteiger partial charge in [-0.15, -0.1) is 0 Å². The lowest BCUT2D eigenvalue weighted by molar-refractivity contribution is -0.137. The van der Waals surface area contributed by atoms with E-state index in [0.717, 1.165) is 97.0 Å². The van der Waals surface area contributed by atoms with Crippen molar-refractivity contribution < 1.29 is 38.2 Å². The van der Waals surface area contributed by atoms with Crippen LogP contribution in [0.4, 0.5) is 5.69 Å². The normalized spacial score (nSPS) is 11.7. The molecule has 9 nitrogen and oxygen atoms in total. The first kappa shape index (κ1) is 39.4. The van der Waals surface area contributed by atoms with Gasteiger partial charge in [-0.05, 0) is 103 Å². The molecular formula is C45H47NO8. The predicted octanol–water partition coefficient (Wildman–Crippen LogP) is 9.37. The van der Waals surface area contributed by atoms with Gasteiger partial charge in [-0.2, -0.15) is 0 Å². The first-order valence-corrected chi connectivity index (χ1v) is 18.7. The zero-order valence-corrected chi connectivity index (χ0v) is 30.7. The Morgan fingerprint density at radius 1 is 0.593 bits per heavy atom. The van der Waals surface area contributed by atoms with Crippen molar-refractivity contribution in [1.29, 1.82) is 0 Å². The van der Waals surface area contributed by atoms with Crippen LogP contribution in [0.2, 0.25) is 0 Å². The quantitative estimate of drug-likeness (QED) is 0.0340. The number of hydrogen-bond acceptors (Lipinski definition) is 8. The first-order valence-electron chi connectivity index (χ1n) is 18.7. The first-order chi connectivity index (χ1) is 26.3. The minimum absolute atomic E-state index is 0.0735. The molecule has 0 N–H and O–H groups in total. The van der Waals surface area contributed by atoms with E-state index in [1.54, 1.807) is 29.2 Å². The van der Waals surface area contributed by atoms with E-state index < -0.39 is 5.97 Å². The van der Waals surface area contributed by atoms with Gasteiger partial charge >= 0.3 is 17.9 Å². The van der Waals surface area contributed by atoms with Gasteiger partial charge in [0.15, 0.2) is 5.78 Å². The molecule has 0 saturated heterocycles. The molecule has 0 aromatic heterocycles. The average molecular weight is 730 g/mol. The van der Waals surface area contributed by atoms with Gasteiger partial charge in [-0.25, -0.2) is 14.4 Å². The van der Waals surface area contributed by atoms with Crippen molar-refractivity contribution in [2.75, 3.05) is 24.7 Å². The third kappa shape index (κ3) is 10.4.